The van der Waals surface area contributed by atoms with Crippen molar-refractivity contribution in [3.8, 4) is 0 Å². The summed E-state index contributed by atoms with van der Waals surface area (Å²) in [5, 5.41) is 0.802. The predicted molar refractivity (Wildman–Crippen MR) is 81.6 cm³/mol. The van der Waals surface area contributed by atoms with Crippen LogP contribution >= 0.6 is 0 Å². The summed E-state index contributed by atoms with van der Waals surface area (Å²) in [7, 11) is 0. The molecule has 0 amide bonds. The smallest absolute Gasteiger partial charge is 0.354 e. The van der Waals surface area contributed by atoms with Crippen LogP contribution in [0.15, 0.2) is 18.3 Å². The summed E-state index contributed by atoms with van der Waals surface area (Å²) >= 11 is 0. The molecule has 0 radical (unpaired) electrons. The van der Waals surface area contributed by atoms with Gasteiger partial charge in [-0.2, -0.15) is 0 Å². The van der Waals surface area contributed by atoms with Crippen molar-refractivity contribution in [2.75, 3.05) is 6.61 Å². The quantitative estimate of drug-likeness (QED) is 0.878. The van der Waals surface area contributed by atoms with Crippen LogP contribution in [0, 0.1) is 0 Å². The van der Waals surface area contributed by atoms with Crippen molar-refractivity contribution in [1.82, 2.24) is 9.97 Å². The normalized spacial score (nSPS) is 11.5. The number of carbonyl (C=O) groups excluding carboxylic acids is 2. The van der Waals surface area contributed by atoms with Crippen LogP contribution in [0.1, 0.15) is 43.9 Å². The van der Waals surface area contributed by atoms with Gasteiger partial charge < -0.3 is 14.5 Å². The number of hydrogen-bond acceptors (Lipinski definition) is 5. The lowest BCUT2D eigenvalue weighted by atomic mass is 10.2. The fourth-order valence-electron chi connectivity index (χ4n) is 2.02. The predicted octanol–water partition coefficient (Wildman–Crippen LogP) is 2.62. The van der Waals surface area contributed by atoms with E-state index in [0.29, 0.717) is 18.0 Å². The minimum Gasteiger partial charge on any atom is -0.461 e. The Hall–Kier alpha value is -2.37. The third-order valence-corrected chi connectivity index (χ3v) is 2.80. The van der Waals surface area contributed by atoms with Gasteiger partial charge in [0.05, 0.1) is 30.4 Å². The standard InChI is InChI=1S/C16H20N2O4/c1-5-21-15(20)12-7-10-6-11(17-9-13(10)18-12)8-14(19)22-16(2,3)4/h6-7,9,18H,5,8H2,1-4H3. The molecule has 22 heavy (non-hydrogen) atoms. The molecule has 0 aliphatic heterocycles. The average Bonchev–Trinajstić information content (AvgIpc) is 2.79. The zero-order chi connectivity index (χ0) is 16.3. The third kappa shape index (κ3) is 4.07. The highest BCUT2D eigenvalue weighted by Gasteiger charge is 2.17. The van der Waals surface area contributed by atoms with Crippen LogP contribution in [0.25, 0.3) is 10.9 Å². The van der Waals surface area contributed by atoms with E-state index in [9.17, 15) is 9.59 Å². The van der Waals surface area contributed by atoms with Gasteiger partial charge in [0.2, 0.25) is 0 Å². The van der Waals surface area contributed by atoms with Crippen molar-refractivity contribution in [2.24, 2.45) is 0 Å². The van der Waals surface area contributed by atoms with Crippen molar-refractivity contribution in [3.05, 3.63) is 29.7 Å². The van der Waals surface area contributed by atoms with Gasteiger partial charge in [-0.25, -0.2) is 4.79 Å². The number of nitrogens with one attached hydrogen (secondary N) is 1. The Morgan fingerprint density at radius 3 is 2.64 bits per heavy atom. The number of pyridine rings is 1. The van der Waals surface area contributed by atoms with Crippen molar-refractivity contribution >= 4 is 22.8 Å². The molecule has 0 aliphatic carbocycles. The van der Waals surface area contributed by atoms with E-state index < -0.39 is 11.6 Å². The lowest BCUT2D eigenvalue weighted by Gasteiger charge is -2.19. The average molecular weight is 304 g/mol. The number of aromatic nitrogens is 2. The molecular weight excluding hydrogens is 284 g/mol. The van der Waals surface area contributed by atoms with E-state index in [2.05, 4.69) is 9.97 Å². The van der Waals surface area contributed by atoms with Gasteiger partial charge in [-0.1, -0.05) is 0 Å². The lowest BCUT2D eigenvalue weighted by Crippen LogP contribution is -2.25. The first-order valence-electron chi connectivity index (χ1n) is 7.15. The van der Waals surface area contributed by atoms with Crippen LogP contribution in [-0.4, -0.2) is 34.1 Å². The zero-order valence-corrected chi connectivity index (χ0v) is 13.2. The number of fused-ring (bicyclic) bond motifs is 1. The first-order chi connectivity index (χ1) is 10.3. The van der Waals surface area contributed by atoms with E-state index in [1.54, 1.807) is 25.3 Å². The molecule has 0 fully saturated rings. The lowest BCUT2D eigenvalue weighted by molar-refractivity contribution is -0.153. The minimum absolute atomic E-state index is 0.0904. The van der Waals surface area contributed by atoms with Crippen LogP contribution in [0.3, 0.4) is 0 Å². The Balaban J connectivity index is 2.16. The summed E-state index contributed by atoms with van der Waals surface area (Å²) in [4.78, 5) is 30.7. The summed E-state index contributed by atoms with van der Waals surface area (Å²) < 4.78 is 10.2. The molecule has 0 saturated heterocycles. The molecular formula is C16H20N2O4. The largest absolute Gasteiger partial charge is 0.461 e. The van der Waals surface area contributed by atoms with E-state index in [0.717, 1.165) is 10.9 Å². The molecule has 2 rings (SSSR count). The Bertz CT molecular complexity index is 698. The van der Waals surface area contributed by atoms with Crippen LogP contribution in [0.2, 0.25) is 0 Å². The zero-order valence-electron chi connectivity index (χ0n) is 13.2. The van der Waals surface area contributed by atoms with Crippen molar-refractivity contribution in [1.29, 1.82) is 0 Å². The summed E-state index contributed by atoms with van der Waals surface area (Å²) in [6.45, 7) is 7.52. The summed E-state index contributed by atoms with van der Waals surface area (Å²) in [5.41, 5.74) is 1.16. The maximum absolute atomic E-state index is 11.8. The highest BCUT2D eigenvalue weighted by Crippen LogP contribution is 2.17. The molecule has 0 aliphatic rings. The SMILES string of the molecule is CCOC(=O)c1cc2cc(CC(=O)OC(C)(C)C)ncc2[nH]1. The van der Waals surface area contributed by atoms with Crippen LogP contribution in [0.5, 0.6) is 0 Å². The summed E-state index contributed by atoms with van der Waals surface area (Å²) in [6, 6.07) is 3.45. The van der Waals surface area contributed by atoms with Crippen molar-refractivity contribution in [2.45, 2.75) is 39.7 Å². The minimum atomic E-state index is -0.521. The number of aromatic amines is 1. The highest BCUT2D eigenvalue weighted by atomic mass is 16.6. The Kier molecular flexibility index (Phi) is 4.49. The fraction of sp³-hybridized carbons (Fsp3) is 0.438. The number of esters is 2. The van der Waals surface area contributed by atoms with Crippen LogP contribution in [-0.2, 0) is 20.7 Å². The molecule has 2 aromatic rings. The van der Waals surface area contributed by atoms with Crippen LogP contribution < -0.4 is 0 Å². The Labute approximate surface area is 128 Å². The van der Waals surface area contributed by atoms with Gasteiger partial charge in [0.15, 0.2) is 0 Å². The molecule has 0 spiro atoms. The first-order valence-corrected chi connectivity index (χ1v) is 7.15. The molecule has 0 aromatic carbocycles. The van der Waals surface area contributed by atoms with E-state index in [1.165, 1.54) is 0 Å². The van der Waals surface area contributed by atoms with Crippen molar-refractivity contribution < 1.29 is 19.1 Å². The second kappa shape index (κ2) is 6.17. The maximum atomic E-state index is 11.8. The molecule has 0 atom stereocenters. The molecule has 0 saturated carbocycles. The van der Waals surface area contributed by atoms with Gasteiger partial charge >= 0.3 is 11.9 Å². The number of nitrogens with zero attached hydrogens (tertiary/aromatic N) is 1. The van der Waals surface area contributed by atoms with Gasteiger partial charge in [-0.3, -0.25) is 9.78 Å². The monoisotopic (exact) mass is 304 g/mol. The second-order valence-electron chi connectivity index (χ2n) is 5.93. The molecule has 6 nitrogen and oxygen atoms in total. The van der Waals surface area contributed by atoms with Crippen molar-refractivity contribution in [3.63, 3.8) is 0 Å². The number of carbonyl (C=O) groups is 2. The van der Waals surface area contributed by atoms with E-state index >= 15 is 0 Å². The van der Waals surface area contributed by atoms with Gasteiger partial charge in [0, 0.05) is 5.39 Å². The second-order valence-corrected chi connectivity index (χ2v) is 5.93. The number of rotatable bonds is 4. The van der Waals surface area contributed by atoms with E-state index in [4.69, 9.17) is 9.47 Å². The number of ether oxygens (including phenoxy) is 2. The molecule has 118 valence electrons. The van der Waals surface area contributed by atoms with Gasteiger partial charge in [-0.15, -0.1) is 0 Å². The molecule has 0 bridgehead atoms. The van der Waals surface area contributed by atoms with Gasteiger partial charge in [-0.05, 0) is 39.8 Å². The molecule has 6 heteroatoms. The fourth-order valence-corrected chi connectivity index (χ4v) is 2.02. The third-order valence-electron chi connectivity index (χ3n) is 2.80. The summed E-state index contributed by atoms with van der Waals surface area (Å²) in [5.74, 6) is -0.743. The maximum Gasteiger partial charge on any atom is 0.354 e. The van der Waals surface area contributed by atoms with Gasteiger partial charge in [0.1, 0.15) is 11.3 Å². The van der Waals surface area contributed by atoms with Crippen LogP contribution in [0.4, 0.5) is 0 Å². The topological polar surface area (TPSA) is 81.3 Å². The summed E-state index contributed by atoms with van der Waals surface area (Å²) in [6.07, 6.45) is 1.69. The molecule has 0 unspecified atom stereocenters. The number of hydrogen-bond donors (Lipinski definition) is 1. The Morgan fingerprint density at radius 1 is 1.27 bits per heavy atom. The molecule has 1 N–H and O–H groups in total. The highest BCUT2D eigenvalue weighted by molar-refractivity contribution is 5.94. The van der Waals surface area contributed by atoms with Gasteiger partial charge in [0.25, 0.3) is 0 Å². The van der Waals surface area contributed by atoms with E-state index in [-0.39, 0.29) is 12.4 Å². The first kappa shape index (κ1) is 16.0. The number of H-pyrrole nitrogens is 1. The molecule has 2 aromatic heterocycles. The molecule has 2 heterocycles. The Morgan fingerprint density at radius 2 is 2.00 bits per heavy atom. The van der Waals surface area contributed by atoms with E-state index in [1.807, 2.05) is 20.8 Å².